The lowest BCUT2D eigenvalue weighted by Crippen LogP contribution is -2.29. The van der Waals surface area contributed by atoms with Gasteiger partial charge in [-0.1, -0.05) is 18.2 Å². The molecule has 154 valence electrons. The van der Waals surface area contributed by atoms with Crippen molar-refractivity contribution in [2.24, 2.45) is 29.6 Å². The number of benzene rings is 1. The van der Waals surface area contributed by atoms with E-state index in [1.807, 2.05) is 0 Å². The summed E-state index contributed by atoms with van der Waals surface area (Å²) in [5.41, 5.74) is 1.59. The van der Waals surface area contributed by atoms with Gasteiger partial charge in [-0.2, -0.15) is 0 Å². The Morgan fingerprint density at radius 3 is 1.57 bits per heavy atom. The number of hydrogen-bond acceptors (Lipinski definition) is 0. The number of halogens is 1. The first-order chi connectivity index (χ1) is 13.7. The van der Waals surface area contributed by atoms with E-state index >= 15 is 0 Å². The zero-order valence-electron chi connectivity index (χ0n) is 17.6. The van der Waals surface area contributed by atoms with Gasteiger partial charge in [0.1, 0.15) is 0 Å². The van der Waals surface area contributed by atoms with E-state index in [1.165, 1.54) is 74.2 Å². The van der Waals surface area contributed by atoms with Gasteiger partial charge in [0.25, 0.3) is 0 Å². The van der Waals surface area contributed by atoms with Crippen LogP contribution in [0.15, 0.2) is 36.9 Å². The summed E-state index contributed by atoms with van der Waals surface area (Å²) in [6.07, 6.45) is 21.3. The number of hydrogen-bond donors (Lipinski definition) is 0. The number of rotatable bonds is 5. The predicted molar refractivity (Wildman–Crippen MR) is 130 cm³/mol. The highest BCUT2D eigenvalue weighted by Gasteiger charge is 2.34. The van der Waals surface area contributed by atoms with Crippen LogP contribution in [0.5, 0.6) is 0 Å². The number of allylic oxidation sites excluding steroid dienone is 1. The van der Waals surface area contributed by atoms with E-state index in [9.17, 15) is 0 Å². The molecular formula is C27H39I. The van der Waals surface area contributed by atoms with E-state index in [4.69, 9.17) is 0 Å². The molecular weight excluding hydrogens is 451 g/mol. The lowest BCUT2D eigenvalue weighted by Gasteiger charge is -2.41. The van der Waals surface area contributed by atoms with Gasteiger partial charge in [0.2, 0.25) is 0 Å². The van der Waals surface area contributed by atoms with E-state index in [0.29, 0.717) is 0 Å². The van der Waals surface area contributed by atoms with Crippen molar-refractivity contribution in [3.63, 3.8) is 0 Å². The van der Waals surface area contributed by atoms with Gasteiger partial charge in [0.15, 0.2) is 0 Å². The largest absolute Gasteiger partial charge is 0.103 e. The molecule has 3 fully saturated rings. The molecule has 0 aromatic heterocycles. The highest BCUT2D eigenvalue weighted by atomic mass is 127. The fourth-order valence-electron chi connectivity index (χ4n) is 6.88. The average molecular weight is 491 g/mol. The van der Waals surface area contributed by atoms with Crippen LogP contribution in [0.3, 0.4) is 0 Å². The van der Waals surface area contributed by atoms with Gasteiger partial charge in [0.05, 0.1) is 0 Å². The molecule has 0 bridgehead atoms. The van der Waals surface area contributed by atoms with Crippen molar-refractivity contribution in [1.82, 2.24) is 0 Å². The zero-order valence-corrected chi connectivity index (χ0v) is 19.8. The summed E-state index contributed by atoms with van der Waals surface area (Å²) >= 11 is 2.42. The van der Waals surface area contributed by atoms with Crippen molar-refractivity contribution >= 4 is 22.6 Å². The summed E-state index contributed by atoms with van der Waals surface area (Å²) in [4.78, 5) is 0. The molecule has 0 heterocycles. The van der Waals surface area contributed by atoms with Gasteiger partial charge in [-0.25, -0.2) is 0 Å². The quantitative estimate of drug-likeness (QED) is 0.286. The minimum atomic E-state index is 0.829. The zero-order chi connectivity index (χ0) is 19.3. The third-order valence-electron chi connectivity index (χ3n) is 8.65. The first kappa shape index (κ1) is 20.9. The van der Waals surface area contributed by atoms with Crippen molar-refractivity contribution in [2.45, 2.75) is 89.4 Å². The standard InChI is InChI=1S/C27H39I/c1-2-3-20-4-6-21(7-5-20)22-8-10-23(11-9-22)24-12-14-25(15-13-24)26-16-18-27(28)19-17-26/h2,16-25H,1,3-15H2/t20-,21-,22-,23-,24-,25-. The van der Waals surface area contributed by atoms with Crippen LogP contribution in [0, 0.1) is 33.2 Å². The van der Waals surface area contributed by atoms with E-state index in [0.717, 1.165) is 35.5 Å². The maximum absolute atomic E-state index is 3.94. The summed E-state index contributed by atoms with van der Waals surface area (Å²) in [5.74, 6) is 5.97. The van der Waals surface area contributed by atoms with Gasteiger partial charge < -0.3 is 0 Å². The first-order valence-corrected chi connectivity index (χ1v) is 13.2. The molecule has 0 nitrogen and oxygen atoms in total. The Balaban J connectivity index is 1.20. The van der Waals surface area contributed by atoms with E-state index in [-0.39, 0.29) is 0 Å². The maximum atomic E-state index is 3.94. The fourth-order valence-corrected chi connectivity index (χ4v) is 7.24. The van der Waals surface area contributed by atoms with E-state index in [1.54, 1.807) is 18.4 Å². The lowest BCUT2D eigenvalue weighted by atomic mass is 9.64. The third-order valence-corrected chi connectivity index (χ3v) is 9.37. The normalized spacial score (nSPS) is 36.8. The lowest BCUT2D eigenvalue weighted by molar-refractivity contribution is 0.110. The Kier molecular flexibility index (Phi) is 7.58. The molecule has 1 heteroatoms. The molecule has 3 saturated carbocycles. The Morgan fingerprint density at radius 2 is 1.11 bits per heavy atom. The molecule has 0 spiro atoms. The molecule has 28 heavy (non-hydrogen) atoms. The highest BCUT2D eigenvalue weighted by Crippen LogP contribution is 2.47. The van der Waals surface area contributed by atoms with Crippen LogP contribution in [0.1, 0.15) is 95.0 Å². The monoisotopic (exact) mass is 490 g/mol. The van der Waals surface area contributed by atoms with Gasteiger partial charge in [0, 0.05) is 3.57 Å². The third kappa shape index (κ3) is 5.24. The van der Waals surface area contributed by atoms with Crippen molar-refractivity contribution in [2.75, 3.05) is 0 Å². The fraction of sp³-hybridized carbons (Fsp3) is 0.704. The summed E-state index contributed by atoms with van der Waals surface area (Å²) in [5, 5.41) is 0. The first-order valence-electron chi connectivity index (χ1n) is 12.1. The van der Waals surface area contributed by atoms with Crippen LogP contribution in [0.4, 0.5) is 0 Å². The molecule has 0 N–H and O–H groups in total. The van der Waals surface area contributed by atoms with Crippen molar-refractivity contribution in [1.29, 1.82) is 0 Å². The van der Waals surface area contributed by atoms with Gasteiger partial charge >= 0.3 is 0 Å². The second-order valence-electron chi connectivity index (χ2n) is 10.1. The topological polar surface area (TPSA) is 0 Å². The summed E-state index contributed by atoms with van der Waals surface area (Å²) < 4.78 is 1.36. The Labute approximate surface area is 187 Å². The maximum Gasteiger partial charge on any atom is 0.0130 e. The molecule has 3 aliphatic rings. The minimum Gasteiger partial charge on any atom is -0.103 e. The van der Waals surface area contributed by atoms with Gasteiger partial charge in [-0.15, -0.1) is 6.58 Å². The van der Waals surface area contributed by atoms with Crippen LogP contribution in [-0.2, 0) is 0 Å². The van der Waals surface area contributed by atoms with Crippen LogP contribution in [-0.4, -0.2) is 0 Å². The minimum absolute atomic E-state index is 0.829. The highest BCUT2D eigenvalue weighted by molar-refractivity contribution is 14.1. The summed E-state index contributed by atoms with van der Waals surface area (Å²) in [7, 11) is 0. The SMILES string of the molecule is C=CC[C@H]1CC[C@H]([C@H]2CC[C@H]([C@H]3CC[C@H](c4ccc(I)cc4)CC3)CC2)CC1. The van der Waals surface area contributed by atoms with Crippen molar-refractivity contribution in [3.05, 3.63) is 46.1 Å². The Hall–Kier alpha value is -0.310. The second kappa shape index (κ2) is 10.1. The molecule has 0 saturated heterocycles. The van der Waals surface area contributed by atoms with Crippen molar-refractivity contribution in [3.8, 4) is 0 Å². The van der Waals surface area contributed by atoms with Crippen LogP contribution in [0.25, 0.3) is 0 Å². The summed E-state index contributed by atoms with van der Waals surface area (Å²) in [6, 6.07) is 9.33. The molecule has 0 aliphatic heterocycles. The average Bonchev–Trinajstić information content (AvgIpc) is 2.75. The van der Waals surface area contributed by atoms with Crippen LogP contribution in [0.2, 0.25) is 0 Å². The molecule has 0 atom stereocenters. The molecule has 3 aliphatic carbocycles. The molecule has 0 amide bonds. The molecule has 1 aromatic rings. The van der Waals surface area contributed by atoms with E-state index < -0.39 is 0 Å². The second-order valence-corrected chi connectivity index (χ2v) is 11.4. The predicted octanol–water partition coefficient (Wildman–Crippen LogP) is 8.75. The van der Waals surface area contributed by atoms with Crippen LogP contribution >= 0.6 is 22.6 Å². The molecule has 1 aromatic carbocycles. The van der Waals surface area contributed by atoms with Crippen molar-refractivity contribution < 1.29 is 0 Å². The van der Waals surface area contributed by atoms with Gasteiger partial charge in [-0.05, 0) is 159 Å². The summed E-state index contributed by atoms with van der Waals surface area (Å²) in [6.45, 7) is 3.94. The van der Waals surface area contributed by atoms with Crippen LogP contribution < -0.4 is 0 Å². The molecule has 4 rings (SSSR count). The van der Waals surface area contributed by atoms with Gasteiger partial charge in [-0.3, -0.25) is 0 Å². The van der Waals surface area contributed by atoms with E-state index in [2.05, 4.69) is 59.5 Å². The smallest absolute Gasteiger partial charge is 0.0130 e. The Bertz CT molecular complexity index is 594. The molecule has 0 unspecified atom stereocenters. The molecule has 0 radical (unpaired) electrons. The Morgan fingerprint density at radius 1 is 0.679 bits per heavy atom.